The van der Waals surface area contributed by atoms with Crippen molar-refractivity contribution in [2.75, 3.05) is 14.2 Å². The molecule has 1 saturated carbocycles. The van der Waals surface area contributed by atoms with Crippen LogP contribution in [0.2, 0.25) is 0 Å². The summed E-state index contributed by atoms with van der Waals surface area (Å²) in [5, 5.41) is 3.44. The van der Waals surface area contributed by atoms with Crippen LogP contribution in [0.5, 0.6) is 0 Å². The van der Waals surface area contributed by atoms with Crippen LogP contribution in [0.3, 0.4) is 0 Å². The minimum Gasteiger partial charge on any atom is -0.380 e. The molecule has 1 aliphatic rings. The molecule has 0 aromatic heterocycles. The number of hydrogen-bond acceptors (Lipinski definition) is 2. The maximum absolute atomic E-state index is 5.64. The Morgan fingerprint density at radius 2 is 2.07 bits per heavy atom. The van der Waals surface area contributed by atoms with E-state index in [-0.39, 0.29) is 0 Å². The summed E-state index contributed by atoms with van der Waals surface area (Å²) in [5.74, 6) is 1.63. The van der Waals surface area contributed by atoms with Crippen LogP contribution >= 0.6 is 0 Å². The summed E-state index contributed by atoms with van der Waals surface area (Å²) in [6.07, 6.45) is 7.03. The molecule has 0 bridgehead atoms. The number of likely N-dealkylation sites (N-methyl/N-ethyl adjacent to an activating group) is 1. The molecule has 0 aliphatic heterocycles. The molecule has 0 heterocycles. The fourth-order valence-corrected chi connectivity index (χ4v) is 2.57. The van der Waals surface area contributed by atoms with Crippen LogP contribution < -0.4 is 5.32 Å². The van der Waals surface area contributed by atoms with E-state index < -0.39 is 0 Å². The highest BCUT2D eigenvalue weighted by Crippen LogP contribution is 2.36. The Morgan fingerprint density at radius 3 is 2.47 bits per heavy atom. The number of nitrogens with one attached hydrogen (secondary N) is 1. The van der Waals surface area contributed by atoms with E-state index in [4.69, 9.17) is 4.74 Å². The van der Waals surface area contributed by atoms with Crippen molar-refractivity contribution in [1.82, 2.24) is 5.32 Å². The molecule has 1 aliphatic carbocycles. The van der Waals surface area contributed by atoms with Crippen molar-refractivity contribution in [2.45, 2.75) is 58.1 Å². The molecule has 1 rings (SSSR count). The fourth-order valence-electron chi connectivity index (χ4n) is 2.57. The Morgan fingerprint density at radius 1 is 1.40 bits per heavy atom. The zero-order valence-corrected chi connectivity index (χ0v) is 10.8. The Hall–Kier alpha value is -0.0800. The number of ether oxygens (including phenoxy) is 1. The lowest BCUT2D eigenvalue weighted by Gasteiger charge is -2.28. The summed E-state index contributed by atoms with van der Waals surface area (Å²) in [7, 11) is 3.93. The number of rotatable bonds is 8. The second-order valence-electron chi connectivity index (χ2n) is 5.06. The Bertz CT molecular complexity index is 168. The van der Waals surface area contributed by atoms with Crippen LogP contribution in [0.15, 0.2) is 0 Å². The first-order valence-corrected chi connectivity index (χ1v) is 6.42. The summed E-state index contributed by atoms with van der Waals surface area (Å²) < 4.78 is 5.64. The second kappa shape index (κ2) is 6.49. The second-order valence-corrected chi connectivity index (χ2v) is 5.06. The van der Waals surface area contributed by atoms with Gasteiger partial charge in [0.05, 0.1) is 6.10 Å². The predicted octanol–water partition coefficient (Wildman–Crippen LogP) is 2.83. The van der Waals surface area contributed by atoms with E-state index in [2.05, 4.69) is 26.2 Å². The molecule has 15 heavy (non-hydrogen) atoms. The molecule has 2 heteroatoms. The van der Waals surface area contributed by atoms with E-state index in [1.54, 1.807) is 0 Å². The molecule has 0 aromatic carbocycles. The fraction of sp³-hybridized carbons (Fsp3) is 1.00. The van der Waals surface area contributed by atoms with Gasteiger partial charge in [0, 0.05) is 13.2 Å². The van der Waals surface area contributed by atoms with Crippen molar-refractivity contribution in [1.29, 1.82) is 0 Å². The normalized spacial score (nSPS) is 22.4. The molecule has 1 N–H and O–H groups in total. The van der Waals surface area contributed by atoms with E-state index in [1.807, 2.05) is 7.11 Å². The lowest BCUT2D eigenvalue weighted by Crippen LogP contribution is -2.41. The lowest BCUT2D eigenvalue weighted by atomic mass is 9.92. The molecule has 2 nitrogen and oxygen atoms in total. The van der Waals surface area contributed by atoms with Crippen LogP contribution in [-0.4, -0.2) is 26.3 Å². The quantitative estimate of drug-likeness (QED) is 0.669. The van der Waals surface area contributed by atoms with Gasteiger partial charge in [0.2, 0.25) is 0 Å². The van der Waals surface area contributed by atoms with Crippen LogP contribution in [0, 0.1) is 11.8 Å². The molecule has 0 amide bonds. The van der Waals surface area contributed by atoms with Gasteiger partial charge < -0.3 is 10.1 Å². The first-order chi connectivity index (χ1) is 7.22. The molecule has 0 aromatic rings. The highest BCUT2D eigenvalue weighted by atomic mass is 16.5. The minimum absolute atomic E-state index is 0.439. The Kier molecular flexibility index (Phi) is 5.62. The topological polar surface area (TPSA) is 21.3 Å². The van der Waals surface area contributed by atoms with Crippen molar-refractivity contribution in [3.05, 3.63) is 0 Å². The third kappa shape index (κ3) is 4.12. The first-order valence-electron chi connectivity index (χ1n) is 6.42. The summed E-state index contributed by atoms with van der Waals surface area (Å²) in [5.41, 5.74) is 0. The largest absolute Gasteiger partial charge is 0.380 e. The predicted molar refractivity (Wildman–Crippen MR) is 65.1 cm³/mol. The highest BCUT2D eigenvalue weighted by molar-refractivity contribution is 4.90. The van der Waals surface area contributed by atoms with E-state index >= 15 is 0 Å². The summed E-state index contributed by atoms with van der Waals surface area (Å²) in [4.78, 5) is 0. The van der Waals surface area contributed by atoms with Gasteiger partial charge >= 0.3 is 0 Å². The van der Waals surface area contributed by atoms with E-state index in [0.717, 1.165) is 11.8 Å². The molecule has 0 spiro atoms. The van der Waals surface area contributed by atoms with E-state index in [0.29, 0.717) is 12.1 Å². The van der Waals surface area contributed by atoms with Crippen molar-refractivity contribution in [3.63, 3.8) is 0 Å². The SMILES string of the molecule is CCCC(C)CC(NC)C(OC)C1CC1. The molecule has 1 fully saturated rings. The van der Waals surface area contributed by atoms with E-state index in [9.17, 15) is 0 Å². The van der Waals surface area contributed by atoms with Gasteiger partial charge in [-0.15, -0.1) is 0 Å². The van der Waals surface area contributed by atoms with Gasteiger partial charge in [-0.05, 0) is 38.1 Å². The summed E-state index contributed by atoms with van der Waals surface area (Å²) in [6, 6.07) is 0.545. The third-order valence-corrected chi connectivity index (χ3v) is 3.56. The number of methoxy groups -OCH3 is 1. The molecule has 0 saturated heterocycles. The van der Waals surface area contributed by atoms with Gasteiger partial charge in [0.15, 0.2) is 0 Å². The van der Waals surface area contributed by atoms with Gasteiger partial charge in [-0.3, -0.25) is 0 Å². The lowest BCUT2D eigenvalue weighted by molar-refractivity contribution is 0.0458. The summed E-state index contributed by atoms with van der Waals surface area (Å²) in [6.45, 7) is 4.62. The van der Waals surface area contributed by atoms with Crippen molar-refractivity contribution >= 4 is 0 Å². The van der Waals surface area contributed by atoms with Gasteiger partial charge in [0.25, 0.3) is 0 Å². The maximum atomic E-state index is 5.64. The van der Waals surface area contributed by atoms with Crippen molar-refractivity contribution in [3.8, 4) is 0 Å². The zero-order valence-electron chi connectivity index (χ0n) is 10.8. The Balaban J connectivity index is 2.38. The first kappa shape index (κ1) is 13.0. The smallest absolute Gasteiger partial charge is 0.0752 e. The molecule has 3 unspecified atom stereocenters. The van der Waals surface area contributed by atoms with Crippen LogP contribution in [0.25, 0.3) is 0 Å². The number of hydrogen-bond donors (Lipinski definition) is 1. The standard InChI is InChI=1S/C13H27NO/c1-5-6-10(2)9-12(14-3)13(15-4)11-7-8-11/h10-14H,5-9H2,1-4H3. The molecule has 0 radical (unpaired) electrons. The third-order valence-electron chi connectivity index (χ3n) is 3.56. The molecule has 90 valence electrons. The summed E-state index contributed by atoms with van der Waals surface area (Å²) >= 11 is 0. The van der Waals surface area contributed by atoms with E-state index in [1.165, 1.54) is 32.1 Å². The minimum atomic E-state index is 0.439. The molecular formula is C13H27NO. The van der Waals surface area contributed by atoms with Gasteiger partial charge in [-0.2, -0.15) is 0 Å². The van der Waals surface area contributed by atoms with Gasteiger partial charge in [-0.1, -0.05) is 26.7 Å². The van der Waals surface area contributed by atoms with Gasteiger partial charge in [0.1, 0.15) is 0 Å². The van der Waals surface area contributed by atoms with Gasteiger partial charge in [-0.25, -0.2) is 0 Å². The zero-order chi connectivity index (χ0) is 11.3. The van der Waals surface area contributed by atoms with Crippen molar-refractivity contribution < 1.29 is 4.74 Å². The monoisotopic (exact) mass is 213 g/mol. The van der Waals surface area contributed by atoms with Crippen molar-refractivity contribution in [2.24, 2.45) is 11.8 Å². The molecule has 3 atom stereocenters. The Labute approximate surface area is 94.8 Å². The van der Waals surface area contributed by atoms with Crippen LogP contribution in [0.4, 0.5) is 0 Å². The van der Waals surface area contributed by atoms with Crippen LogP contribution in [-0.2, 0) is 4.74 Å². The highest BCUT2D eigenvalue weighted by Gasteiger charge is 2.36. The molecular weight excluding hydrogens is 186 g/mol. The average molecular weight is 213 g/mol. The maximum Gasteiger partial charge on any atom is 0.0752 e. The average Bonchev–Trinajstić information content (AvgIpc) is 3.02. The van der Waals surface area contributed by atoms with Crippen LogP contribution in [0.1, 0.15) is 46.0 Å².